The molecule has 0 amide bonds. The predicted octanol–water partition coefficient (Wildman–Crippen LogP) is 4.29. The van der Waals surface area contributed by atoms with Crippen molar-refractivity contribution in [3.05, 3.63) is 59.2 Å². The van der Waals surface area contributed by atoms with Crippen molar-refractivity contribution >= 4 is 0 Å². The molecule has 0 aliphatic carbocycles. The third-order valence-electron chi connectivity index (χ3n) is 4.47. The minimum atomic E-state index is 0.172. The van der Waals surface area contributed by atoms with Crippen molar-refractivity contribution in [2.75, 3.05) is 20.8 Å². The van der Waals surface area contributed by atoms with Gasteiger partial charge >= 0.3 is 0 Å². The summed E-state index contributed by atoms with van der Waals surface area (Å²) in [5.41, 5.74) is 9.99. The molecule has 130 valence electrons. The minimum Gasteiger partial charge on any atom is -0.497 e. The first kappa shape index (κ1) is 18.3. The highest BCUT2D eigenvalue weighted by Gasteiger charge is 2.17. The van der Waals surface area contributed by atoms with Crippen LogP contribution in [0.5, 0.6) is 11.5 Å². The Bertz CT molecular complexity index is 657. The molecule has 0 aliphatic rings. The molecule has 3 heteroatoms. The lowest BCUT2D eigenvalue weighted by Crippen LogP contribution is -2.16. The Morgan fingerprint density at radius 1 is 0.958 bits per heavy atom. The van der Waals surface area contributed by atoms with Gasteiger partial charge in [-0.25, -0.2) is 0 Å². The number of ether oxygens (including phenoxy) is 2. The number of hydrogen-bond donors (Lipinski definition) is 1. The van der Waals surface area contributed by atoms with Crippen LogP contribution >= 0.6 is 0 Å². The van der Waals surface area contributed by atoms with E-state index in [-0.39, 0.29) is 11.3 Å². The topological polar surface area (TPSA) is 44.5 Å². The highest BCUT2D eigenvalue weighted by atomic mass is 16.5. The molecule has 0 saturated heterocycles. The third kappa shape index (κ3) is 4.30. The molecule has 1 atom stereocenters. The van der Waals surface area contributed by atoms with E-state index in [0.717, 1.165) is 23.5 Å². The number of nitrogens with two attached hydrogens (primary N) is 1. The summed E-state index contributed by atoms with van der Waals surface area (Å²) in [6.07, 6.45) is 0.892. The van der Waals surface area contributed by atoms with Crippen LogP contribution in [0.4, 0.5) is 0 Å². The van der Waals surface area contributed by atoms with Gasteiger partial charge in [-0.2, -0.15) is 0 Å². The maximum absolute atomic E-state index is 6.06. The molecule has 2 aromatic carbocycles. The molecule has 24 heavy (non-hydrogen) atoms. The fourth-order valence-corrected chi connectivity index (χ4v) is 2.90. The Balaban J connectivity index is 2.23. The molecule has 0 fully saturated rings. The zero-order chi connectivity index (χ0) is 17.7. The number of hydrogen-bond acceptors (Lipinski definition) is 3. The van der Waals surface area contributed by atoms with Crippen LogP contribution in [0.15, 0.2) is 42.5 Å². The number of methoxy groups -OCH3 is 2. The van der Waals surface area contributed by atoms with E-state index < -0.39 is 0 Å². The van der Waals surface area contributed by atoms with Crippen LogP contribution in [0.3, 0.4) is 0 Å². The summed E-state index contributed by atoms with van der Waals surface area (Å²) in [6, 6.07) is 14.8. The summed E-state index contributed by atoms with van der Waals surface area (Å²) in [4.78, 5) is 0. The monoisotopic (exact) mass is 327 g/mol. The Morgan fingerprint density at radius 2 is 1.62 bits per heavy atom. The van der Waals surface area contributed by atoms with Gasteiger partial charge < -0.3 is 15.2 Å². The highest BCUT2D eigenvalue weighted by Crippen LogP contribution is 2.32. The van der Waals surface area contributed by atoms with E-state index in [0.29, 0.717) is 6.54 Å². The summed E-state index contributed by atoms with van der Waals surface area (Å²) in [6.45, 7) is 7.26. The van der Waals surface area contributed by atoms with E-state index in [1.54, 1.807) is 14.2 Å². The zero-order valence-corrected chi connectivity index (χ0v) is 15.4. The van der Waals surface area contributed by atoms with Crippen molar-refractivity contribution in [1.29, 1.82) is 0 Å². The van der Waals surface area contributed by atoms with E-state index >= 15 is 0 Å². The van der Waals surface area contributed by atoms with Crippen LogP contribution in [0.2, 0.25) is 0 Å². The summed E-state index contributed by atoms with van der Waals surface area (Å²) in [7, 11) is 3.34. The third-order valence-corrected chi connectivity index (χ3v) is 4.47. The van der Waals surface area contributed by atoms with E-state index in [2.05, 4.69) is 51.1 Å². The Kier molecular flexibility index (Phi) is 5.89. The molecule has 0 bridgehead atoms. The van der Waals surface area contributed by atoms with Crippen molar-refractivity contribution in [1.82, 2.24) is 0 Å². The molecule has 1 unspecified atom stereocenters. The molecule has 0 aliphatic heterocycles. The largest absolute Gasteiger partial charge is 0.497 e. The van der Waals surface area contributed by atoms with Gasteiger partial charge in [-0.3, -0.25) is 0 Å². The second kappa shape index (κ2) is 7.71. The van der Waals surface area contributed by atoms with E-state index in [1.807, 2.05) is 12.1 Å². The van der Waals surface area contributed by atoms with Crippen LogP contribution in [0, 0.1) is 0 Å². The maximum Gasteiger partial charge on any atom is 0.126 e. The summed E-state index contributed by atoms with van der Waals surface area (Å²) >= 11 is 0. The SMILES string of the molecule is COc1ccc(C(CN)Cc2ccc(C(C)(C)C)cc2)c(OC)c1. The molecule has 2 aromatic rings. The smallest absolute Gasteiger partial charge is 0.126 e. The van der Waals surface area contributed by atoms with Crippen molar-refractivity contribution in [3.8, 4) is 11.5 Å². The zero-order valence-electron chi connectivity index (χ0n) is 15.4. The Labute approximate surface area is 145 Å². The van der Waals surface area contributed by atoms with Crippen molar-refractivity contribution < 1.29 is 9.47 Å². The molecule has 2 N–H and O–H groups in total. The van der Waals surface area contributed by atoms with Gasteiger partial charge in [-0.05, 0) is 41.1 Å². The van der Waals surface area contributed by atoms with E-state index in [4.69, 9.17) is 15.2 Å². The van der Waals surface area contributed by atoms with Crippen LogP contribution in [0.25, 0.3) is 0 Å². The van der Waals surface area contributed by atoms with Crippen LogP contribution in [-0.2, 0) is 11.8 Å². The fourth-order valence-electron chi connectivity index (χ4n) is 2.90. The Hall–Kier alpha value is -2.00. The lowest BCUT2D eigenvalue weighted by molar-refractivity contribution is 0.388. The normalized spacial score (nSPS) is 12.8. The first-order valence-electron chi connectivity index (χ1n) is 8.40. The van der Waals surface area contributed by atoms with Gasteiger partial charge in [-0.15, -0.1) is 0 Å². The maximum atomic E-state index is 6.06. The summed E-state index contributed by atoms with van der Waals surface area (Å²) in [5, 5.41) is 0. The lowest BCUT2D eigenvalue weighted by Gasteiger charge is -2.21. The van der Waals surface area contributed by atoms with Crippen LogP contribution < -0.4 is 15.2 Å². The van der Waals surface area contributed by atoms with Crippen molar-refractivity contribution in [3.63, 3.8) is 0 Å². The fraction of sp³-hybridized carbons (Fsp3) is 0.429. The van der Waals surface area contributed by atoms with Gasteiger partial charge in [0.25, 0.3) is 0 Å². The molecule has 0 heterocycles. The van der Waals surface area contributed by atoms with Gasteiger partial charge in [0, 0.05) is 12.0 Å². The average molecular weight is 327 g/mol. The number of benzene rings is 2. The standard InChI is InChI=1S/C21H29NO2/c1-21(2,3)17-8-6-15(7-9-17)12-16(14-22)19-11-10-18(23-4)13-20(19)24-5/h6-11,13,16H,12,14,22H2,1-5H3. The van der Waals surface area contributed by atoms with Crippen molar-refractivity contribution in [2.45, 2.75) is 38.5 Å². The molecular formula is C21H29NO2. The summed E-state index contributed by atoms with van der Waals surface area (Å²) in [5.74, 6) is 1.84. The second-order valence-electron chi connectivity index (χ2n) is 7.19. The second-order valence-corrected chi connectivity index (χ2v) is 7.19. The molecule has 3 nitrogen and oxygen atoms in total. The molecule has 0 radical (unpaired) electrons. The van der Waals surface area contributed by atoms with Gasteiger partial charge in [0.05, 0.1) is 14.2 Å². The van der Waals surface area contributed by atoms with Crippen LogP contribution in [0.1, 0.15) is 43.4 Å². The number of rotatable bonds is 6. The molecule has 2 rings (SSSR count). The van der Waals surface area contributed by atoms with Gasteiger partial charge in [0.1, 0.15) is 11.5 Å². The van der Waals surface area contributed by atoms with Crippen molar-refractivity contribution in [2.24, 2.45) is 5.73 Å². The molecule has 0 saturated carbocycles. The predicted molar refractivity (Wildman–Crippen MR) is 100 cm³/mol. The average Bonchev–Trinajstić information content (AvgIpc) is 2.58. The molecular weight excluding hydrogens is 298 g/mol. The first-order valence-corrected chi connectivity index (χ1v) is 8.40. The van der Waals surface area contributed by atoms with Gasteiger partial charge in [-0.1, -0.05) is 51.1 Å². The quantitative estimate of drug-likeness (QED) is 0.861. The van der Waals surface area contributed by atoms with Crippen LogP contribution in [-0.4, -0.2) is 20.8 Å². The van der Waals surface area contributed by atoms with E-state index in [1.165, 1.54) is 11.1 Å². The van der Waals surface area contributed by atoms with Gasteiger partial charge in [0.15, 0.2) is 0 Å². The molecule has 0 spiro atoms. The van der Waals surface area contributed by atoms with E-state index in [9.17, 15) is 0 Å². The first-order chi connectivity index (χ1) is 11.4. The van der Waals surface area contributed by atoms with Gasteiger partial charge in [0.2, 0.25) is 0 Å². The Morgan fingerprint density at radius 3 is 2.12 bits per heavy atom. The highest BCUT2D eigenvalue weighted by molar-refractivity contribution is 5.43. The minimum absolute atomic E-state index is 0.172. The molecule has 0 aromatic heterocycles. The summed E-state index contributed by atoms with van der Waals surface area (Å²) < 4.78 is 10.8. The lowest BCUT2D eigenvalue weighted by atomic mass is 9.85.